The van der Waals surface area contributed by atoms with Crippen molar-refractivity contribution >= 4 is 57.5 Å². The van der Waals surface area contributed by atoms with E-state index in [0.717, 1.165) is 22.1 Å². The van der Waals surface area contributed by atoms with E-state index in [1.54, 1.807) is 13.8 Å². The van der Waals surface area contributed by atoms with Crippen molar-refractivity contribution in [3.05, 3.63) is 48.5 Å². The lowest BCUT2D eigenvalue weighted by molar-refractivity contribution is -0.147. The minimum Gasteiger partial charge on any atom is -0.481 e. The number of imidazole rings is 2. The number of nitrogens with zero attached hydrogens (tertiary/aromatic N) is 2. The number of nitrogens with one attached hydrogen (secondary N) is 2. The van der Waals surface area contributed by atoms with Crippen LogP contribution in [0.15, 0.2) is 58.8 Å². The van der Waals surface area contributed by atoms with Gasteiger partial charge < -0.3 is 20.2 Å². The van der Waals surface area contributed by atoms with Crippen molar-refractivity contribution in [2.24, 2.45) is 5.41 Å². The minimum atomic E-state index is -1.23. The predicted octanol–water partition coefficient (Wildman–Crippen LogP) is 4.65. The van der Waals surface area contributed by atoms with Gasteiger partial charge in [-0.25, -0.2) is 9.97 Å². The van der Waals surface area contributed by atoms with Crippen LogP contribution in [0.5, 0.6) is 0 Å². The fourth-order valence-electron chi connectivity index (χ4n) is 3.43. The Bertz CT molecular complexity index is 1220. The smallest absolute Gasteiger partial charge is 0.310 e. The number of fused-ring (bicyclic) bond motifs is 2. The molecule has 0 radical (unpaired) electrons. The maximum Gasteiger partial charge on any atom is 0.310 e. The highest BCUT2D eigenvalue weighted by Gasteiger charge is 2.44. The van der Waals surface area contributed by atoms with Crippen molar-refractivity contribution in [2.45, 2.75) is 41.1 Å². The van der Waals surface area contributed by atoms with Gasteiger partial charge in [-0.2, -0.15) is 0 Å². The maximum absolute atomic E-state index is 12.2. The van der Waals surface area contributed by atoms with Crippen LogP contribution in [-0.4, -0.2) is 52.6 Å². The Morgan fingerprint density at radius 2 is 1.41 bits per heavy atom. The Morgan fingerprint density at radius 3 is 1.88 bits per heavy atom. The number of aromatic amines is 2. The van der Waals surface area contributed by atoms with Crippen molar-refractivity contribution < 1.29 is 19.8 Å². The average molecular weight is 471 g/mol. The molecule has 2 atom stereocenters. The molecule has 10 heteroatoms. The molecule has 0 bridgehead atoms. The summed E-state index contributed by atoms with van der Waals surface area (Å²) in [5, 5.41) is 19.5. The van der Waals surface area contributed by atoms with E-state index < -0.39 is 27.9 Å². The minimum absolute atomic E-state index is 0.226. The number of para-hydroxylation sites is 4. The van der Waals surface area contributed by atoms with Gasteiger partial charge in [0, 0.05) is 10.5 Å². The summed E-state index contributed by atoms with van der Waals surface area (Å²) in [7, 11) is 0. The summed E-state index contributed by atoms with van der Waals surface area (Å²) in [6.45, 7) is 3.23. The second-order valence-electron chi connectivity index (χ2n) is 7.94. The summed E-state index contributed by atoms with van der Waals surface area (Å²) in [5.41, 5.74) is 1.97. The Kier molecular flexibility index (Phi) is 6.16. The molecule has 0 amide bonds. The Balaban J connectivity index is 1.71. The zero-order valence-corrected chi connectivity index (χ0v) is 19.0. The van der Waals surface area contributed by atoms with Crippen LogP contribution in [0.3, 0.4) is 0 Å². The standard InChI is InChI=1S/C22H22N4O4S2/c1-22(2,19(29)30)18(32-21-25-14-9-5-6-10-15(14)26-21)16(11-17(27)28)31-20-23-12-7-3-4-8-13(12)24-20/h3-10,16,18H,11H2,1-2H3,(H,23,24)(H,25,26)(H,27,28)(H,29,30). The van der Waals surface area contributed by atoms with E-state index in [4.69, 9.17) is 0 Å². The van der Waals surface area contributed by atoms with Crippen LogP contribution in [-0.2, 0) is 9.59 Å². The maximum atomic E-state index is 12.2. The zero-order chi connectivity index (χ0) is 22.9. The predicted molar refractivity (Wildman–Crippen MR) is 125 cm³/mol. The molecule has 166 valence electrons. The first kappa shape index (κ1) is 22.2. The highest BCUT2D eigenvalue weighted by Crippen LogP contribution is 2.44. The molecule has 32 heavy (non-hydrogen) atoms. The number of carboxylic acid groups (broad SMARTS) is 2. The van der Waals surface area contributed by atoms with Crippen LogP contribution < -0.4 is 0 Å². The van der Waals surface area contributed by atoms with Gasteiger partial charge in [0.1, 0.15) is 0 Å². The number of hydrogen-bond acceptors (Lipinski definition) is 6. The van der Waals surface area contributed by atoms with Gasteiger partial charge in [-0.3, -0.25) is 9.59 Å². The molecule has 0 aliphatic heterocycles. The molecule has 0 spiro atoms. The number of carboxylic acids is 2. The van der Waals surface area contributed by atoms with Crippen molar-refractivity contribution in [3.63, 3.8) is 0 Å². The number of benzene rings is 2. The normalized spacial score (nSPS) is 13.9. The number of rotatable bonds is 9. The molecule has 0 saturated carbocycles. The second-order valence-corrected chi connectivity index (χ2v) is 10.3. The van der Waals surface area contributed by atoms with Crippen LogP contribution >= 0.6 is 23.5 Å². The summed E-state index contributed by atoms with van der Waals surface area (Å²) in [5.74, 6) is -2.01. The van der Waals surface area contributed by atoms with Crippen molar-refractivity contribution in [2.75, 3.05) is 0 Å². The number of carbonyl (C=O) groups is 2. The molecule has 0 saturated heterocycles. The molecular weight excluding hydrogens is 448 g/mol. The third kappa shape index (κ3) is 4.61. The number of thioether (sulfide) groups is 2. The van der Waals surface area contributed by atoms with E-state index in [0.29, 0.717) is 10.3 Å². The molecule has 4 aromatic rings. The van der Waals surface area contributed by atoms with Gasteiger partial charge in [-0.1, -0.05) is 47.8 Å². The summed E-state index contributed by atoms with van der Waals surface area (Å²) in [6.07, 6.45) is -0.226. The molecule has 0 fully saturated rings. The molecule has 2 aromatic carbocycles. The molecule has 2 unspecified atom stereocenters. The first-order valence-electron chi connectivity index (χ1n) is 9.92. The molecule has 4 N–H and O–H groups in total. The number of hydrogen-bond donors (Lipinski definition) is 4. The quantitative estimate of drug-likeness (QED) is 0.260. The van der Waals surface area contributed by atoms with E-state index >= 15 is 0 Å². The fourth-order valence-corrected chi connectivity index (χ4v) is 6.26. The summed E-state index contributed by atoms with van der Waals surface area (Å²) < 4.78 is 0. The van der Waals surface area contributed by atoms with Crippen molar-refractivity contribution in [3.8, 4) is 0 Å². The Labute approximate surface area is 192 Å². The zero-order valence-electron chi connectivity index (χ0n) is 17.4. The Hall–Kier alpha value is -2.98. The molecule has 8 nitrogen and oxygen atoms in total. The number of aromatic nitrogens is 4. The Morgan fingerprint density at radius 1 is 0.906 bits per heavy atom. The molecule has 0 aliphatic carbocycles. The van der Waals surface area contributed by atoms with E-state index in [1.807, 2.05) is 48.5 Å². The lowest BCUT2D eigenvalue weighted by atomic mass is 9.86. The molecule has 0 aliphatic rings. The van der Waals surface area contributed by atoms with Crippen LogP contribution in [0.4, 0.5) is 0 Å². The van der Waals surface area contributed by atoms with Gasteiger partial charge in [0.05, 0.1) is 33.9 Å². The highest BCUT2D eigenvalue weighted by atomic mass is 32.2. The van der Waals surface area contributed by atoms with E-state index in [9.17, 15) is 19.8 Å². The number of aliphatic carboxylic acids is 2. The topological polar surface area (TPSA) is 132 Å². The first-order chi connectivity index (χ1) is 15.2. The molecule has 2 aromatic heterocycles. The van der Waals surface area contributed by atoms with Gasteiger partial charge in [0.15, 0.2) is 10.3 Å². The SMILES string of the molecule is CC(C)(C(=O)O)C(Sc1nc2ccccc2[nH]1)C(CC(=O)O)Sc1nc2ccccc2[nH]1. The van der Waals surface area contributed by atoms with Crippen LogP contribution in [0.1, 0.15) is 20.3 Å². The van der Waals surface area contributed by atoms with Crippen LogP contribution in [0.25, 0.3) is 22.1 Å². The summed E-state index contributed by atoms with van der Waals surface area (Å²) in [6, 6.07) is 15.0. The third-order valence-electron chi connectivity index (χ3n) is 5.21. The monoisotopic (exact) mass is 470 g/mol. The van der Waals surface area contributed by atoms with Gasteiger partial charge in [-0.15, -0.1) is 0 Å². The van der Waals surface area contributed by atoms with Gasteiger partial charge >= 0.3 is 11.9 Å². The van der Waals surface area contributed by atoms with Crippen molar-refractivity contribution in [1.82, 2.24) is 19.9 Å². The van der Waals surface area contributed by atoms with Gasteiger partial charge in [0.2, 0.25) is 0 Å². The molecule has 4 rings (SSSR count). The average Bonchev–Trinajstić information content (AvgIpc) is 3.33. The van der Waals surface area contributed by atoms with E-state index in [2.05, 4.69) is 19.9 Å². The molecule has 2 heterocycles. The largest absolute Gasteiger partial charge is 0.481 e. The van der Waals surface area contributed by atoms with E-state index in [1.165, 1.54) is 23.5 Å². The summed E-state index contributed by atoms with van der Waals surface area (Å²) in [4.78, 5) is 39.4. The summed E-state index contributed by atoms with van der Waals surface area (Å²) >= 11 is 2.50. The van der Waals surface area contributed by atoms with Crippen molar-refractivity contribution in [1.29, 1.82) is 0 Å². The van der Waals surface area contributed by atoms with Crippen LogP contribution in [0.2, 0.25) is 0 Å². The lowest BCUT2D eigenvalue weighted by Gasteiger charge is -2.34. The van der Waals surface area contributed by atoms with Crippen LogP contribution in [0, 0.1) is 5.41 Å². The highest BCUT2D eigenvalue weighted by molar-refractivity contribution is 8.03. The number of H-pyrrole nitrogens is 2. The second kappa shape index (κ2) is 8.87. The van der Waals surface area contributed by atoms with Gasteiger partial charge in [0.25, 0.3) is 0 Å². The fraction of sp³-hybridized carbons (Fsp3) is 0.273. The first-order valence-corrected chi connectivity index (χ1v) is 11.7. The third-order valence-corrected chi connectivity index (χ3v) is 8.13. The van der Waals surface area contributed by atoms with Gasteiger partial charge in [-0.05, 0) is 38.1 Å². The lowest BCUT2D eigenvalue weighted by Crippen LogP contribution is -2.42. The molecular formula is C22H22N4O4S2. The van der Waals surface area contributed by atoms with E-state index in [-0.39, 0.29) is 6.42 Å².